The molecule has 0 radical (unpaired) electrons. The highest BCUT2D eigenvalue weighted by atomic mass is 79.9. The highest BCUT2D eigenvalue weighted by molar-refractivity contribution is 9.10. The van der Waals surface area contributed by atoms with Crippen LogP contribution in [0.1, 0.15) is 25.5 Å². The molecule has 0 aliphatic heterocycles. The lowest BCUT2D eigenvalue weighted by molar-refractivity contribution is 0.455. The molecule has 1 aromatic heterocycles. The summed E-state index contributed by atoms with van der Waals surface area (Å²) in [5.74, 6) is 0.384. The average Bonchev–Trinajstić information content (AvgIpc) is 2.63. The monoisotopic (exact) mass is 295 g/mol. The molecule has 0 spiro atoms. The van der Waals surface area contributed by atoms with Gasteiger partial charge in [-0.25, -0.2) is 9.36 Å². The van der Waals surface area contributed by atoms with E-state index in [4.69, 9.17) is 4.42 Å². The first kappa shape index (κ1) is 12.2. The van der Waals surface area contributed by atoms with Crippen LogP contribution in [0.4, 0.5) is 0 Å². The maximum Gasteiger partial charge on any atom is 0.424 e. The van der Waals surface area contributed by atoms with Crippen LogP contribution in [0.25, 0.3) is 5.69 Å². The van der Waals surface area contributed by atoms with Crippen LogP contribution in [-0.4, -0.2) is 4.57 Å². The number of hydrogen-bond acceptors (Lipinski definition) is 2. The third kappa shape index (κ3) is 2.52. The lowest BCUT2D eigenvalue weighted by Gasteiger charge is -2.01. The van der Waals surface area contributed by atoms with Crippen molar-refractivity contribution < 1.29 is 4.42 Å². The molecule has 0 N–H and O–H groups in total. The molecular formula is C13H14BrNO2. The van der Waals surface area contributed by atoms with E-state index in [-0.39, 0.29) is 5.76 Å². The number of benzene rings is 1. The van der Waals surface area contributed by atoms with Gasteiger partial charge in [-0.05, 0) is 34.5 Å². The van der Waals surface area contributed by atoms with Crippen LogP contribution in [0.3, 0.4) is 0 Å². The minimum atomic E-state index is -0.339. The van der Waals surface area contributed by atoms with Crippen molar-refractivity contribution in [1.29, 1.82) is 0 Å². The van der Waals surface area contributed by atoms with Crippen molar-refractivity contribution in [3.05, 3.63) is 51.2 Å². The molecular weight excluding hydrogens is 282 g/mol. The second-order valence-corrected chi connectivity index (χ2v) is 4.61. The van der Waals surface area contributed by atoms with Gasteiger partial charge in [0.15, 0.2) is 0 Å². The molecule has 17 heavy (non-hydrogen) atoms. The van der Waals surface area contributed by atoms with Crippen LogP contribution in [0, 0.1) is 0 Å². The van der Waals surface area contributed by atoms with E-state index in [0.29, 0.717) is 0 Å². The smallest absolute Gasteiger partial charge is 0.411 e. The quantitative estimate of drug-likeness (QED) is 0.865. The Hall–Kier alpha value is -1.29. The van der Waals surface area contributed by atoms with Crippen LogP contribution in [-0.2, 0) is 6.42 Å². The molecule has 1 heterocycles. The van der Waals surface area contributed by atoms with Crippen molar-refractivity contribution in [1.82, 2.24) is 4.57 Å². The van der Waals surface area contributed by atoms with Crippen LogP contribution >= 0.6 is 15.9 Å². The molecule has 2 rings (SSSR count). The SMILES string of the molecule is CCCCc1oc(=O)n(-c2ccccc2)c1Br. The third-order valence-electron chi connectivity index (χ3n) is 2.59. The van der Waals surface area contributed by atoms with E-state index in [0.717, 1.165) is 35.3 Å². The summed E-state index contributed by atoms with van der Waals surface area (Å²) in [6.07, 6.45) is 2.87. The zero-order valence-electron chi connectivity index (χ0n) is 9.65. The molecule has 0 aliphatic carbocycles. The molecule has 0 atom stereocenters. The summed E-state index contributed by atoms with van der Waals surface area (Å²) < 4.78 is 7.53. The van der Waals surface area contributed by atoms with Gasteiger partial charge in [0.2, 0.25) is 0 Å². The second-order valence-electron chi connectivity index (χ2n) is 3.86. The molecule has 90 valence electrons. The van der Waals surface area contributed by atoms with Gasteiger partial charge < -0.3 is 4.42 Å². The molecule has 0 fully saturated rings. The number of halogens is 1. The Balaban J connectivity index is 2.42. The van der Waals surface area contributed by atoms with Crippen LogP contribution in [0.15, 0.2) is 44.1 Å². The third-order valence-corrected chi connectivity index (χ3v) is 3.39. The van der Waals surface area contributed by atoms with E-state index in [1.807, 2.05) is 30.3 Å². The van der Waals surface area contributed by atoms with E-state index >= 15 is 0 Å². The Bertz CT molecular complexity index is 542. The number of nitrogens with zero attached hydrogens (tertiary/aromatic N) is 1. The molecule has 0 bridgehead atoms. The van der Waals surface area contributed by atoms with Gasteiger partial charge in [0.25, 0.3) is 0 Å². The first-order valence-electron chi connectivity index (χ1n) is 5.69. The Morgan fingerprint density at radius 2 is 2.00 bits per heavy atom. The van der Waals surface area contributed by atoms with Crippen molar-refractivity contribution in [3.63, 3.8) is 0 Å². The lowest BCUT2D eigenvalue weighted by Crippen LogP contribution is -2.11. The molecule has 2 aromatic rings. The predicted octanol–water partition coefficient (Wildman–Crippen LogP) is 3.54. The van der Waals surface area contributed by atoms with Gasteiger partial charge in [-0.15, -0.1) is 0 Å². The molecule has 4 heteroatoms. The van der Waals surface area contributed by atoms with E-state index in [1.165, 1.54) is 0 Å². The topological polar surface area (TPSA) is 35.1 Å². The fourth-order valence-corrected chi connectivity index (χ4v) is 2.31. The summed E-state index contributed by atoms with van der Waals surface area (Å²) in [5.41, 5.74) is 0.816. The molecule has 0 aliphatic rings. The number of aryl methyl sites for hydroxylation is 1. The largest absolute Gasteiger partial charge is 0.424 e. The zero-order chi connectivity index (χ0) is 12.3. The Morgan fingerprint density at radius 1 is 1.29 bits per heavy atom. The van der Waals surface area contributed by atoms with Crippen molar-refractivity contribution in [3.8, 4) is 5.69 Å². The average molecular weight is 296 g/mol. The Kier molecular flexibility index (Phi) is 3.84. The van der Waals surface area contributed by atoms with E-state index < -0.39 is 0 Å². The van der Waals surface area contributed by atoms with Crippen molar-refractivity contribution in [2.24, 2.45) is 0 Å². The van der Waals surface area contributed by atoms with Gasteiger partial charge in [-0.2, -0.15) is 0 Å². The van der Waals surface area contributed by atoms with Gasteiger partial charge in [-0.3, -0.25) is 0 Å². The number of unbranched alkanes of at least 4 members (excludes halogenated alkanes) is 1. The van der Waals surface area contributed by atoms with Crippen LogP contribution in [0.2, 0.25) is 0 Å². The molecule has 0 amide bonds. The summed E-state index contributed by atoms with van der Waals surface area (Å²) >= 11 is 3.44. The maximum atomic E-state index is 11.8. The minimum Gasteiger partial charge on any atom is -0.411 e. The van der Waals surface area contributed by atoms with E-state index in [2.05, 4.69) is 22.9 Å². The van der Waals surface area contributed by atoms with Crippen molar-refractivity contribution in [2.75, 3.05) is 0 Å². The molecule has 0 unspecified atom stereocenters. The second kappa shape index (κ2) is 5.36. The number of oxazole rings is 1. The minimum absolute atomic E-state index is 0.339. The van der Waals surface area contributed by atoms with Gasteiger partial charge in [0.05, 0.1) is 5.69 Å². The highest BCUT2D eigenvalue weighted by Gasteiger charge is 2.14. The standard InChI is InChI=1S/C13H14BrNO2/c1-2-3-9-11-12(14)15(13(16)17-11)10-7-5-4-6-8-10/h4-8H,2-3,9H2,1H3. The summed E-state index contributed by atoms with van der Waals surface area (Å²) in [6, 6.07) is 9.47. The Labute approximate surface area is 108 Å². The molecule has 1 aromatic carbocycles. The lowest BCUT2D eigenvalue weighted by atomic mass is 10.2. The van der Waals surface area contributed by atoms with E-state index in [1.54, 1.807) is 4.57 Å². The molecule has 0 saturated heterocycles. The van der Waals surface area contributed by atoms with Crippen molar-refractivity contribution in [2.45, 2.75) is 26.2 Å². The van der Waals surface area contributed by atoms with Crippen LogP contribution < -0.4 is 5.76 Å². The van der Waals surface area contributed by atoms with Gasteiger partial charge in [0, 0.05) is 6.42 Å². The first-order valence-corrected chi connectivity index (χ1v) is 6.49. The fourth-order valence-electron chi connectivity index (χ4n) is 1.69. The number of hydrogen-bond donors (Lipinski definition) is 0. The molecule has 0 saturated carbocycles. The maximum absolute atomic E-state index is 11.8. The normalized spacial score (nSPS) is 10.7. The Morgan fingerprint density at radius 3 is 2.65 bits per heavy atom. The number of aromatic nitrogens is 1. The van der Waals surface area contributed by atoms with Gasteiger partial charge in [0.1, 0.15) is 10.4 Å². The van der Waals surface area contributed by atoms with Gasteiger partial charge in [-0.1, -0.05) is 31.5 Å². The summed E-state index contributed by atoms with van der Waals surface area (Å²) in [6.45, 7) is 2.11. The predicted molar refractivity (Wildman–Crippen MR) is 70.6 cm³/mol. The van der Waals surface area contributed by atoms with Gasteiger partial charge >= 0.3 is 5.76 Å². The summed E-state index contributed by atoms with van der Waals surface area (Å²) in [5, 5.41) is 0. The van der Waals surface area contributed by atoms with E-state index in [9.17, 15) is 4.79 Å². The van der Waals surface area contributed by atoms with Crippen LogP contribution in [0.5, 0.6) is 0 Å². The number of para-hydroxylation sites is 1. The van der Waals surface area contributed by atoms with Crippen molar-refractivity contribution >= 4 is 15.9 Å². The number of rotatable bonds is 4. The summed E-state index contributed by atoms with van der Waals surface area (Å²) in [4.78, 5) is 11.8. The molecule has 3 nitrogen and oxygen atoms in total. The first-order chi connectivity index (χ1) is 8.24. The highest BCUT2D eigenvalue weighted by Crippen LogP contribution is 2.21. The zero-order valence-corrected chi connectivity index (χ0v) is 11.2. The fraction of sp³-hybridized carbons (Fsp3) is 0.308. The summed E-state index contributed by atoms with van der Waals surface area (Å²) in [7, 11) is 0.